The number of methoxy groups -OCH3 is 1. The number of hydrogen-bond donors (Lipinski definition) is 3. The van der Waals surface area contributed by atoms with Gasteiger partial charge in [0.15, 0.2) is 6.10 Å². The van der Waals surface area contributed by atoms with Crippen molar-refractivity contribution >= 4 is 16.9 Å². The molecular weight excluding hydrogens is 405 g/mol. The summed E-state index contributed by atoms with van der Waals surface area (Å²) in [6, 6.07) is 3.33. The average molecular weight is 420 g/mol. The SMILES string of the molecule is COC(=O)[C@H]1O[C@@H](Oc2ccc3c(C(F)(F)F)cc(=O)oc3c2)[C@H](O)[C@@H](O)[C@@H]1O. The highest BCUT2D eigenvalue weighted by atomic mass is 19.4. The molecule has 9 nitrogen and oxygen atoms in total. The van der Waals surface area contributed by atoms with Gasteiger partial charge in [-0.2, -0.15) is 13.2 Å². The highest BCUT2D eigenvalue weighted by Crippen LogP contribution is 2.35. The predicted octanol–water partition coefficient (Wildman–Crippen LogP) is 0.171. The van der Waals surface area contributed by atoms with Crippen molar-refractivity contribution in [2.45, 2.75) is 36.9 Å². The standard InChI is InChI=1S/C17H15F3O9/c1-26-15(25)14-12(23)11(22)13(24)16(29-14)27-6-2-3-7-8(17(18,19)20)5-10(21)28-9(7)4-6/h2-5,11-14,16,22-24H,1H3/t11-,12-,13+,14-,16+/m0/s1. The summed E-state index contributed by atoms with van der Waals surface area (Å²) in [5, 5.41) is 29.3. The molecule has 0 spiro atoms. The predicted molar refractivity (Wildman–Crippen MR) is 86.8 cm³/mol. The lowest BCUT2D eigenvalue weighted by atomic mass is 9.99. The Kier molecular flexibility index (Phi) is 5.54. The molecule has 0 radical (unpaired) electrons. The van der Waals surface area contributed by atoms with Crippen molar-refractivity contribution in [2.24, 2.45) is 0 Å². The quantitative estimate of drug-likeness (QED) is 0.469. The summed E-state index contributed by atoms with van der Waals surface area (Å²) in [5.74, 6) is -1.24. The Morgan fingerprint density at radius 3 is 2.41 bits per heavy atom. The third-order valence-electron chi connectivity index (χ3n) is 4.28. The van der Waals surface area contributed by atoms with Crippen LogP contribution in [0.2, 0.25) is 0 Å². The molecular formula is C17H15F3O9. The van der Waals surface area contributed by atoms with Crippen LogP contribution in [0.15, 0.2) is 33.5 Å². The van der Waals surface area contributed by atoms with Crippen LogP contribution in [0.5, 0.6) is 5.75 Å². The molecule has 0 amide bonds. The number of ether oxygens (including phenoxy) is 3. The van der Waals surface area contributed by atoms with Gasteiger partial charge in [0, 0.05) is 17.5 Å². The van der Waals surface area contributed by atoms with E-state index in [0.29, 0.717) is 6.07 Å². The zero-order valence-electron chi connectivity index (χ0n) is 14.6. The van der Waals surface area contributed by atoms with E-state index in [2.05, 4.69) is 4.74 Å². The van der Waals surface area contributed by atoms with Crippen molar-refractivity contribution in [3.05, 3.63) is 40.2 Å². The van der Waals surface area contributed by atoms with Gasteiger partial charge in [0.05, 0.1) is 12.7 Å². The monoisotopic (exact) mass is 420 g/mol. The van der Waals surface area contributed by atoms with Crippen LogP contribution in [0.4, 0.5) is 13.2 Å². The number of halogens is 3. The second-order valence-electron chi connectivity index (χ2n) is 6.17. The summed E-state index contributed by atoms with van der Waals surface area (Å²) >= 11 is 0. The molecule has 2 aromatic rings. The molecule has 158 valence electrons. The Labute approximate surface area is 159 Å². The molecule has 5 atom stereocenters. The second kappa shape index (κ2) is 7.63. The van der Waals surface area contributed by atoms with E-state index in [1.807, 2.05) is 0 Å². The molecule has 0 saturated carbocycles. The molecule has 29 heavy (non-hydrogen) atoms. The number of hydrogen-bond acceptors (Lipinski definition) is 9. The summed E-state index contributed by atoms with van der Waals surface area (Å²) in [6.07, 6.45) is -13.6. The topological polar surface area (TPSA) is 136 Å². The molecule has 1 aromatic heterocycles. The molecule has 0 aliphatic carbocycles. The van der Waals surface area contributed by atoms with Gasteiger partial charge < -0.3 is 33.9 Å². The van der Waals surface area contributed by atoms with Crippen LogP contribution in [-0.4, -0.2) is 59.1 Å². The lowest BCUT2D eigenvalue weighted by molar-refractivity contribution is -0.271. The number of rotatable bonds is 3. The van der Waals surface area contributed by atoms with Gasteiger partial charge in [-0.15, -0.1) is 0 Å². The van der Waals surface area contributed by atoms with Gasteiger partial charge in [-0.05, 0) is 12.1 Å². The largest absolute Gasteiger partial charge is 0.467 e. The first-order valence-electron chi connectivity index (χ1n) is 8.12. The summed E-state index contributed by atoms with van der Waals surface area (Å²) in [7, 11) is 1.01. The van der Waals surface area contributed by atoms with Crippen LogP contribution < -0.4 is 10.4 Å². The van der Waals surface area contributed by atoms with Gasteiger partial charge in [-0.25, -0.2) is 9.59 Å². The highest BCUT2D eigenvalue weighted by molar-refractivity contribution is 5.82. The minimum atomic E-state index is -4.80. The Balaban J connectivity index is 1.93. The number of aliphatic hydroxyl groups is 3. The fraction of sp³-hybridized carbons (Fsp3) is 0.412. The van der Waals surface area contributed by atoms with Gasteiger partial charge >= 0.3 is 17.8 Å². The normalized spacial score (nSPS) is 27.6. The van der Waals surface area contributed by atoms with E-state index in [1.165, 1.54) is 0 Å². The van der Waals surface area contributed by atoms with E-state index in [9.17, 15) is 38.1 Å². The first-order chi connectivity index (χ1) is 13.5. The van der Waals surface area contributed by atoms with E-state index in [0.717, 1.165) is 25.3 Å². The van der Waals surface area contributed by atoms with Gasteiger partial charge in [0.25, 0.3) is 0 Å². The molecule has 2 heterocycles. The molecule has 3 N–H and O–H groups in total. The molecule has 12 heteroatoms. The maximum atomic E-state index is 13.1. The van der Waals surface area contributed by atoms with Crippen molar-refractivity contribution < 1.29 is 51.9 Å². The Morgan fingerprint density at radius 2 is 1.79 bits per heavy atom. The number of fused-ring (bicyclic) bond motifs is 1. The number of carbonyl (C=O) groups is 1. The zero-order valence-corrected chi connectivity index (χ0v) is 14.6. The maximum Gasteiger partial charge on any atom is 0.417 e. The van der Waals surface area contributed by atoms with Gasteiger partial charge in [0.2, 0.25) is 6.29 Å². The molecule has 1 fully saturated rings. The van der Waals surface area contributed by atoms with Crippen molar-refractivity contribution in [1.82, 2.24) is 0 Å². The number of aliphatic hydroxyl groups excluding tert-OH is 3. The van der Waals surface area contributed by atoms with Crippen LogP contribution >= 0.6 is 0 Å². The maximum absolute atomic E-state index is 13.1. The number of esters is 1. The van der Waals surface area contributed by atoms with Gasteiger partial charge in [0.1, 0.15) is 29.6 Å². The van der Waals surface area contributed by atoms with E-state index >= 15 is 0 Å². The molecule has 0 bridgehead atoms. The first kappa shape index (κ1) is 21.0. The van der Waals surface area contributed by atoms with Crippen LogP contribution in [0.1, 0.15) is 5.56 Å². The van der Waals surface area contributed by atoms with E-state index in [4.69, 9.17) is 13.9 Å². The van der Waals surface area contributed by atoms with Gasteiger partial charge in [-0.3, -0.25) is 0 Å². The summed E-state index contributed by atoms with van der Waals surface area (Å²) < 4.78 is 58.9. The molecule has 0 unspecified atom stereocenters. The van der Waals surface area contributed by atoms with E-state index in [-0.39, 0.29) is 5.75 Å². The van der Waals surface area contributed by atoms with Crippen LogP contribution in [-0.2, 0) is 20.4 Å². The zero-order chi connectivity index (χ0) is 21.5. The Bertz CT molecular complexity index is 971. The Hall–Kier alpha value is -2.67. The molecule has 1 aromatic carbocycles. The highest BCUT2D eigenvalue weighted by Gasteiger charge is 2.48. The molecule has 1 aliphatic rings. The van der Waals surface area contributed by atoms with Crippen molar-refractivity contribution in [1.29, 1.82) is 0 Å². The van der Waals surface area contributed by atoms with E-state index < -0.39 is 65.0 Å². The second-order valence-corrected chi connectivity index (χ2v) is 6.17. The number of alkyl halides is 3. The lowest BCUT2D eigenvalue weighted by Crippen LogP contribution is -2.61. The molecule has 3 rings (SSSR count). The third kappa shape index (κ3) is 4.05. The van der Waals surface area contributed by atoms with Crippen LogP contribution in [0.3, 0.4) is 0 Å². The van der Waals surface area contributed by atoms with Crippen LogP contribution in [0.25, 0.3) is 11.0 Å². The lowest BCUT2D eigenvalue weighted by Gasteiger charge is -2.38. The summed E-state index contributed by atoms with van der Waals surface area (Å²) in [5.41, 5.74) is -2.88. The first-order valence-corrected chi connectivity index (χ1v) is 8.12. The third-order valence-corrected chi connectivity index (χ3v) is 4.28. The number of benzene rings is 1. The van der Waals surface area contributed by atoms with Gasteiger partial charge in [-0.1, -0.05) is 0 Å². The minimum absolute atomic E-state index is 0.198. The summed E-state index contributed by atoms with van der Waals surface area (Å²) in [4.78, 5) is 23.1. The molecule has 1 saturated heterocycles. The van der Waals surface area contributed by atoms with Crippen molar-refractivity contribution in [3.63, 3.8) is 0 Å². The van der Waals surface area contributed by atoms with E-state index in [1.54, 1.807) is 0 Å². The smallest absolute Gasteiger partial charge is 0.417 e. The summed E-state index contributed by atoms with van der Waals surface area (Å²) in [6.45, 7) is 0. The van der Waals surface area contributed by atoms with Crippen molar-refractivity contribution in [2.75, 3.05) is 7.11 Å². The number of carbonyl (C=O) groups excluding carboxylic acids is 1. The van der Waals surface area contributed by atoms with Crippen LogP contribution in [0, 0.1) is 0 Å². The average Bonchev–Trinajstić information content (AvgIpc) is 2.66. The fourth-order valence-corrected chi connectivity index (χ4v) is 2.84. The van der Waals surface area contributed by atoms with Crippen molar-refractivity contribution in [3.8, 4) is 5.75 Å². The molecule has 1 aliphatic heterocycles. The minimum Gasteiger partial charge on any atom is -0.467 e. The Morgan fingerprint density at radius 1 is 1.10 bits per heavy atom. The fourth-order valence-electron chi connectivity index (χ4n) is 2.84.